The van der Waals surface area contributed by atoms with Crippen molar-refractivity contribution >= 4 is 11.9 Å². The van der Waals surface area contributed by atoms with Gasteiger partial charge in [-0.3, -0.25) is 4.79 Å². The molecule has 0 spiro atoms. The van der Waals surface area contributed by atoms with Crippen LogP contribution in [-0.2, 0) is 19.1 Å². The van der Waals surface area contributed by atoms with Gasteiger partial charge in [0.1, 0.15) is 12.2 Å². The molecule has 5 heteroatoms. The van der Waals surface area contributed by atoms with Crippen LogP contribution in [0.25, 0.3) is 0 Å². The molecule has 4 rings (SSSR count). The topological polar surface area (TPSA) is 72.8 Å². The lowest BCUT2D eigenvalue weighted by Gasteiger charge is -2.54. The Morgan fingerprint density at radius 2 is 1.83 bits per heavy atom. The molecule has 2 aliphatic carbocycles. The number of hydrogen-bond acceptors (Lipinski definition) is 5. The SMILES string of the molecule is CC(C)C1OC(=O)C=C2C1=CC1OC(=O)C3(C)CC(O)CC2(C)C13. The number of carbonyl (C=O) groups is 2. The fourth-order valence-corrected chi connectivity index (χ4v) is 5.61. The molecule has 0 radical (unpaired) electrons. The van der Waals surface area contributed by atoms with Crippen LogP contribution in [0.15, 0.2) is 23.3 Å². The Morgan fingerprint density at radius 1 is 1.17 bits per heavy atom. The van der Waals surface area contributed by atoms with Gasteiger partial charge < -0.3 is 14.6 Å². The molecule has 5 nitrogen and oxygen atoms in total. The second-order valence-corrected chi connectivity index (χ2v) is 8.53. The summed E-state index contributed by atoms with van der Waals surface area (Å²) in [5.41, 5.74) is 0.677. The van der Waals surface area contributed by atoms with E-state index in [1.54, 1.807) is 6.08 Å². The normalized spacial score (nSPS) is 46.6. The second kappa shape index (κ2) is 4.72. The van der Waals surface area contributed by atoms with Crippen LogP contribution in [0, 0.1) is 22.7 Å². The summed E-state index contributed by atoms with van der Waals surface area (Å²) in [5, 5.41) is 10.5. The summed E-state index contributed by atoms with van der Waals surface area (Å²) in [6, 6.07) is 0. The third-order valence-corrected chi connectivity index (χ3v) is 6.42. The van der Waals surface area contributed by atoms with Gasteiger partial charge >= 0.3 is 11.9 Å². The van der Waals surface area contributed by atoms with Gasteiger partial charge in [0.25, 0.3) is 0 Å². The van der Waals surface area contributed by atoms with Crippen LogP contribution in [0.5, 0.6) is 0 Å². The Kier molecular flexibility index (Phi) is 3.12. The van der Waals surface area contributed by atoms with Gasteiger partial charge in [0.15, 0.2) is 0 Å². The molecular weight excluding hydrogens is 308 g/mol. The first-order valence-electron chi connectivity index (χ1n) is 8.71. The molecule has 130 valence electrons. The zero-order chi connectivity index (χ0) is 17.4. The number of cyclic esters (lactones) is 1. The lowest BCUT2D eigenvalue weighted by atomic mass is 9.49. The number of fused-ring (bicyclic) bond motifs is 2. The first kappa shape index (κ1) is 15.9. The maximum atomic E-state index is 12.6. The summed E-state index contributed by atoms with van der Waals surface area (Å²) in [4.78, 5) is 24.7. The van der Waals surface area contributed by atoms with Gasteiger partial charge in [-0.15, -0.1) is 0 Å². The summed E-state index contributed by atoms with van der Waals surface area (Å²) in [6.45, 7) is 7.97. The standard InChI is InChI=1S/C19H24O5/c1-9(2)15-11-5-13-16-18(3,12(11)6-14(21)24-15)7-10(20)8-19(16,4)17(22)23-13/h5-6,9-10,13,15-16,20H,7-8H2,1-4H3. The van der Waals surface area contributed by atoms with Gasteiger partial charge in [0.2, 0.25) is 0 Å². The van der Waals surface area contributed by atoms with Crippen LogP contribution >= 0.6 is 0 Å². The lowest BCUT2D eigenvalue weighted by molar-refractivity contribution is -0.150. The molecule has 2 fully saturated rings. The van der Waals surface area contributed by atoms with Gasteiger partial charge in [0, 0.05) is 17.4 Å². The van der Waals surface area contributed by atoms with Gasteiger partial charge in [-0.2, -0.15) is 0 Å². The predicted octanol–water partition coefficient (Wildman–Crippen LogP) is 2.14. The molecule has 1 saturated heterocycles. The third kappa shape index (κ3) is 1.85. The molecule has 2 aliphatic heterocycles. The highest BCUT2D eigenvalue weighted by molar-refractivity contribution is 5.88. The average Bonchev–Trinajstić information content (AvgIpc) is 2.70. The monoisotopic (exact) mass is 332 g/mol. The fourth-order valence-electron chi connectivity index (χ4n) is 5.61. The first-order valence-corrected chi connectivity index (χ1v) is 8.71. The zero-order valence-electron chi connectivity index (χ0n) is 14.5. The summed E-state index contributed by atoms with van der Waals surface area (Å²) in [5.74, 6) is -0.518. The van der Waals surface area contributed by atoms with Crippen molar-refractivity contribution in [2.75, 3.05) is 0 Å². The van der Waals surface area contributed by atoms with E-state index in [-0.39, 0.29) is 36.0 Å². The van der Waals surface area contributed by atoms with Crippen LogP contribution in [0.3, 0.4) is 0 Å². The largest absolute Gasteiger partial charge is 0.457 e. The summed E-state index contributed by atoms with van der Waals surface area (Å²) < 4.78 is 11.2. The number of hydrogen-bond donors (Lipinski definition) is 1. The maximum Gasteiger partial charge on any atom is 0.331 e. The average molecular weight is 332 g/mol. The lowest BCUT2D eigenvalue weighted by Crippen LogP contribution is -2.55. The molecule has 1 N–H and O–H groups in total. The minimum atomic E-state index is -0.714. The Labute approximate surface area is 141 Å². The predicted molar refractivity (Wildman–Crippen MR) is 85.7 cm³/mol. The molecule has 0 aromatic rings. The minimum Gasteiger partial charge on any atom is -0.457 e. The Balaban J connectivity index is 1.93. The smallest absolute Gasteiger partial charge is 0.331 e. The van der Waals surface area contributed by atoms with Gasteiger partial charge in [0.05, 0.1) is 11.5 Å². The van der Waals surface area contributed by atoms with Crippen LogP contribution in [0.1, 0.15) is 40.5 Å². The first-order chi connectivity index (χ1) is 11.2. The molecule has 6 atom stereocenters. The zero-order valence-corrected chi connectivity index (χ0v) is 14.5. The van der Waals surface area contributed by atoms with E-state index in [2.05, 4.69) is 6.92 Å². The molecule has 24 heavy (non-hydrogen) atoms. The molecule has 2 heterocycles. The van der Waals surface area contributed by atoms with Crippen molar-refractivity contribution in [2.24, 2.45) is 22.7 Å². The Bertz CT molecular complexity index is 690. The number of carbonyl (C=O) groups excluding carboxylic acids is 2. The number of esters is 2. The van der Waals surface area contributed by atoms with Crippen molar-refractivity contribution in [3.05, 3.63) is 23.3 Å². The molecule has 0 amide bonds. The fraction of sp³-hybridized carbons (Fsp3) is 0.684. The van der Waals surface area contributed by atoms with Crippen molar-refractivity contribution in [3.8, 4) is 0 Å². The molecule has 6 unspecified atom stereocenters. The quantitative estimate of drug-likeness (QED) is 0.745. The highest BCUT2D eigenvalue weighted by Gasteiger charge is 2.67. The van der Waals surface area contributed by atoms with Crippen molar-refractivity contribution in [1.82, 2.24) is 0 Å². The number of aliphatic hydroxyl groups excluding tert-OH is 1. The highest BCUT2D eigenvalue weighted by Crippen LogP contribution is 2.64. The van der Waals surface area contributed by atoms with E-state index in [9.17, 15) is 14.7 Å². The number of aliphatic hydroxyl groups is 1. The van der Waals surface area contributed by atoms with Crippen LogP contribution in [-0.4, -0.2) is 35.4 Å². The van der Waals surface area contributed by atoms with Crippen LogP contribution in [0.4, 0.5) is 0 Å². The summed E-state index contributed by atoms with van der Waals surface area (Å²) >= 11 is 0. The van der Waals surface area contributed by atoms with Crippen molar-refractivity contribution in [2.45, 2.75) is 58.8 Å². The molecule has 0 aromatic heterocycles. The molecule has 0 aromatic carbocycles. The van der Waals surface area contributed by atoms with Gasteiger partial charge in [-0.05, 0) is 42.9 Å². The summed E-state index contributed by atoms with van der Waals surface area (Å²) in [6.07, 6.45) is 3.25. The highest BCUT2D eigenvalue weighted by atomic mass is 16.6. The van der Waals surface area contributed by atoms with Crippen LogP contribution in [0.2, 0.25) is 0 Å². The van der Waals surface area contributed by atoms with Gasteiger partial charge in [-0.1, -0.05) is 20.8 Å². The third-order valence-electron chi connectivity index (χ3n) is 6.42. The molecule has 1 saturated carbocycles. The van der Waals surface area contributed by atoms with E-state index in [1.165, 1.54) is 0 Å². The Hall–Kier alpha value is -1.62. The van der Waals surface area contributed by atoms with Crippen molar-refractivity contribution < 1.29 is 24.2 Å². The van der Waals surface area contributed by atoms with E-state index < -0.39 is 16.9 Å². The van der Waals surface area contributed by atoms with Crippen LogP contribution < -0.4 is 0 Å². The van der Waals surface area contributed by atoms with E-state index in [0.717, 1.165) is 11.1 Å². The number of rotatable bonds is 1. The number of ether oxygens (including phenoxy) is 2. The van der Waals surface area contributed by atoms with E-state index >= 15 is 0 Å². The van der Waals surface area contributed by atoms with Crippen molar-refractivity contribution in [3.63, 3.8) is 0 Å². The maximum absolute atomic E-state index is 12.6. The molecule has 0 bridgehead atoms. The Morgan fingerprint density at radius 3 is 2.50 bits per heavy atom. The van der Waals surface area contributed by atoms with E-state index in [4.69, 9.17) is 9.47 Å². The molecular formula is C19H24O5. The molecule has 4 aliphatic rings. The summed E-state index contributed by atoms with van der Waals surface area (Å²) in [7, 11) is 0. The van der Waals surface area contributed by atoms with E-state index in [1.807, 2.05) is 26.8 Å². The second-order valence-electron chi connectivity index (χ2n) is 8.53. The van der Waals surface area contributed by atoms with Gasteiger partial charge in [-0.25, -0.2) is 4.79 Å². The van der Waals surface area contributed by atoms with E-state index in [0.29, 0.717) is 12.8 Å². The van der Waals surface area contributed by atoms with Crippen molar-refractivity contribution in [1.29, 1.82) is 0 Å². The minimum absolute atomic E-state index is 0.0605.